The van der Waals surface area contributed by atoms with E-state index in [0.717, 1.165) is 26.0 Å². The molecule has 1 aromatic heterocycles. The fourth-order valence-corrected chi connectivity index (χ4v) is 3.45. The zero-order valence-electron chi connectivity index (χ0n) is 11.4. The van der Waals surface area contributed by atoms with Crippen molar-refractivity contribution in [3.05, 3.63) is 56.7 Å². The van der Waals surface area contributed by atoms with E-state index in [4.69, 9.17) is 4.74 Å². The highest BCUT2D eigenvalue weighted by Gasteiger charge is 2.11. The smallest absolute Gasteiger partial charge is 0.137 e. The second-order valence-corrected chi connectivity index (χ2v) is 6.21. The van der Waals surface area contributed by atoms with Crippen LogP contribution >= 0.6 is 31.9 Å². The summed E-state index contributed by atoms with van der Waals surface area (Å²) in [7, 11) is 1.68. The number of aromatic nitrogens is 1. The zero-order valence-corrected chi connectivity index (χ0v) is 14.5. The molecule has 0 spiro atoms. The Labute approximate surface area is 136 Å². The van der Waals surface area contributed by atoms with Crippen molar-refractivity contribution in [1.82, 2.24) is 10.3 Å². The molecule has 0 bridgehead atoms. The highest BCUT2D eigenvalue weighted by atomic mass is 79.9. The van der Waals surface area contributed by atoms with E-state index in [9.17, 15) is 0 Å². The number of rotatable bonds is 5. The van der Waals surface area contributed by atoms with Gasteiger partial charge in [-0.2, -0.15) is 0 Å². The summed E-state index contributed by atoms with van der Waals surface area (Å²) in [5.41, 5.74) is 2.12. The van der Waals surface area contributed by atoms with Crippen molar-refractivity contribution in [1.29, 1.82) is 0 Å². The first kappa shape index (κ1) is 15.5. The Hall–Kier alpha value is -0.910. The summed E-state index contributed by atoms with van der Waals surface area (Å²) in [6.07, 6.45) is 1.81. The predicted molar refractivity (Wildman–Crippen MR) is 87.9 cm³/mol. The van der Waals surface area contributed by atoms with Gasteiger partial charge in [0.25, 0.3) is 0 Å². The van der Waals surface area contributed by atoms with Gasteiger partial charge in [-0.25, -0.2) is 0 Å². The molecule has 1 N–H and O–H groups in total. The lowest BCUT2D eigenvalue weighted by Crippen LogP contribution is -2.19. The molecule has 0 fully saturated rings. The van der Waals surface area contributed by atoms with Crippen molar-refractivity contribution >= 4 is 31.9 Å². The van der Waals surface area contributed by atoms with Crippen LogP contribution in [0.3, 0.4) is 0 Å². The molecule has 0 saturated heterocycles. The topological polar surface area (TPSA) is 34.1 Å². The molecule has 20 heavy (non-hydrogen) atoms. The standard InChI is InChI=1S/C15H16Br2N2O/c1-10(14-5-3-4-6-18-14)19-9-11-7-12(16)8-13(17)15(11)20-2/h3-8,10,19H,9H2,1-2H3/t10-/m0/s1. The Morgan fingerprint density at radius 1 is 1.30 bits per heavy atom. The van der Waals surface area contributed by atoms with Gasteiger partial charge >= 0.3 is 0 Å². The van der Waals surface area contributed by atoms with Crippen LogP contribution in [0.5, 0.6) is 5.75 Å². The monoisotopic (exact) mass is 398 g/mol. The van der Waals surface area contributed by atoms with Crippen LogP contribution in [-0.4, -0.2) is 12.1 Å². The van der Waals surface area contributed by atoms with Gasteiger partial charge in [-0.3, -0.25) is 4.98 Å². The van der Waals surface area contributed by atoms with Crippen LogP contribution in [0, 0.1) is 0 Å². The average Bonchev–Trinajstić information content (AvgIpc) is 2.45. The molecular weight excluding hydrogens is 384 g/mol. The van der Waals surface area contributed by atoms with Gasteiger partial charge in [0.05, 0.1) is 17.3 Å². The number of hydrogen-bond acceptors (Lipinski definition) is 3. The van der Waals surface area contributed by atoms with Crippen LogP contribution in [0.25, 0.3) is 0 Å². The number of benzene rings is 1. The number of hydrogen-bond donors (Lipinski definition) is 1. The molecule has 0 radical (unpaired) electrons. The molecule has 2 rings (SSSR count). The van der Waals surface area contributed by atoms with Crippen LogP contribution < -0.4 is 10.1 Å². The van der Waals surface area contributed by atoms with Gasteiger partial charge in [-0.1, -0.05) is 22.0 Å². The lowest BCUT2D eigenvalue weighted by molar-refractivity contribution is 0.403. The van der Waals surface area contributed by atoms with Crippen LogP contribution in [-0.2, 0) is 6.54 Å². The van der Waals surface area contributed by atoms with Gasteiger partial charge in [0.1, 0.15) is 5.75 Å². The van der Waals surface area contributed by atoms with Crippen LogP contribution in [0.1, 0.15) is 24.2 Å². The highest BCUT2D eigenvalue weighted by molar-refractivity contribution is 9.11. The number of methoxy groups -OCH3 is 1. The predicted octanol–water partition coefficient (Wildman–Crippen LogP) is 4.47. The summed E-state index contributed by atoms with van der Waals surface area (Å²) in [6, 6.07) is 10.2. The van der Waals surface area contributed by atoms with Crippen LogP contribution in [0.2, 0.25) is 0 Å². The third kappa shape index (κ3) is 3.81. The van der Waals surface area contributed by atoms with Gasteiger partial charge in [0.15, 0.2) is 0 Å². The van der Waals surface area contributed by atoms with Gasteiger partial charge in [-0.05, 0) is 47.1 Å². The maximum Gasteiger partial charge on any atom is 0.137 e. The van der Waals surface area contributed by atoms with E-state index in [0.29, 0.717) is 6.54 Å². The fraction of sp³-hybridized carbons (Fsp3) is 0.267. The van der Waals surface area contributed by atoms with E-state index < -0.39 is 0 Å². The van der Waals surface area contributed by atoms with Crippen molar-refractivity contribution in [3.8, 4) is 5.75 Å². The molecule has 5 heteroatoms. The minimum absolute atomic E-state index is 0.179. The van der Waals surface area contributed by atoms with Crippen molar-refractivity contribution in [2.45, 2.75) is 19.5 Å². The van der Waals surface area contributed by atoms with E-state index >= 15 is 0 Å². The Morgan fingerprint density at radius 3 is 2.75 bits per heavy atom. The molecule has 0 amide bonds. The molecule has 0 aliphatic carbocycles. The van der Waals surface area contributed by atoms with Crippen molar-refractivity contribution in [3.63, 3.8) is 0 Å². The Bertz CT molecular complexity index is 576. The second-order valence-electron chi connectivity index (χ2n) is 4.44. The van der Waals surface area contributed by atoms with E-state index in [1.54, 1.807) is 7.11 Å². The maximum absolute atomic E-state index is 5.45. The van der Waals surface area contributed by atoms with Crippen molar-refractivity contribution < 1.29 is 4.74 Å². The summed E-state index contributed by atoms with van der Waals surface area (Å²) in [4.78, 5) is 4.36. The summed E-state index contributed by atoms with van der Waals surface area (Å²) < 4.78 is 7.41. The Morgan fingerprint density at radius 2 is 2.10 bits per heavy atom. The molecular formula is C15H16Br2N2O. The molecule has 0 aliphatic heterocycles. The minimum Gasteiger partial charge on any atom is -0.495 e. The van der Waals surface area contributed by atoms with Crippen LogP contribution in [0.4, 0.5) is 0 Å². The molecule has 2 aromatic rings. The summed E-state index contributed by atoms with van der Waals surface area (Å²) in [5, 5.41) is 3.46. The zero-order chi connectivity index (χ0) is 14.5. The van der Waals surface area contributed by atoms with Crippen LogP contribution in [0.15, 0.2) is 45.5 Å². The molecule has 106 valence electrons. The maximum atomic E-state index is 5.45. The first-order chi connectivity index (χ1) is 9.61. The van der Waals surface area contributed by atoms with Crippen molar-refractivity contribution in [2.24, 2.45) is 0 Å². The first-order valence-corrected chi connectivity index (χ1v) is 7.86. The third-order valence-corrected chi connectivity index (χ3v) is 4.07. The Balaban J connectivity index is 2.11. The average molecular weight is 400 g/mol. The molecule has 1 heterocycles. The highest BCUT2D eigenvalue weighted by Crippen LogP contribution is 2.32. The summed E-state index contributed by atoms with van der Waals surface area (Å²) in [6.45, 7) is 2.81. The Kier molecular flexibility index (Phi) is 5.57. The lowest BCUT2D eigenvalue weighted by Gasteiger charge is -2.16. The fourth-order valence-electron chi connectivity index (χ4n) is 1.97. The van der Waals surface area contributed by atoms with E-state index in [2.05, 4.69) is 55.2 Å². The number of nitrogens with zero attached hydrogens (tertiary/aromatic N) is 1. The van der Waals surface area contributed by atoms with E-state index in [-0.39, 0.29) is 6.04 Å². The number of nitrogens with one attached hydrogen (secondary N) is 1. The van der Waals surface area contributed by atoms with E-state index in [1.165, 1.54) is 0 Å². The molecule has 3 nitrogen and oxygen atoms in total. The SMILES string of the molecule is COc1c(Br)cc(Br)cc1CN[C@@H](C)c1ccccn1. The minimum atomic E-state index is 0.179. The largest absolute Gasteiger partial charge is 0.495 e. The number of halogens is 2. The summed E-state index contributed by atoms with van der Waals surface area (Å²) in [5.74, 6) is 0.855. The molecule has 1 atom stereocenters. The molecule has 0 aliphatic rings. The molecule has 0 unspecified atom stereocenters. The normalized spacial score (nSPS) is 12.2. The first-order valence-electron chi connectivity index (χ1n) is 6.28. The van der Waals surface area contributed by atoms with Gasteiger partial charge in [-0.15, -0.1) is 0 Å². The molecule has 1 aromatic carbocycles. The third-order valence-electron chi connectivity index (χ3n) is 3.02. The quantitative estimate of drug-likeness (QED) is 0.805. The number of ether oxygens (including phenoxy) is 1. The van der Waals surface area contributed by atoms with Gasteiger partial charge in [0, 0.05) is 28.8 Å². The van der Waals surface area contributed by atoms with Gasteiger partial charge < -0.3 is 10.1 Å². The lowest BCUT2D eigenvalue weighted by atomic mass is 10.1. The summed E-state index contributed by atoms with van der Waals surface area (Å²) >= 11 is 7.02. The van der Waals surface area contributed by atoms with Gasteiger partial charge in [0.2, 0.25) is 0 Å². The molecule has 0 saturated carbocycles. The van der Waals surface area contributed by atoms with Crippen molar-refractivity contribution in [2.75, 3.05) is 7.11 Å². The second kappa shape index (κ2) is 7.20. The van der Waals surface area contributed by atoms with E-state index in [1.807, 2.05) is 30.5 Å². The number of pyridine rings is 1.